The minimum Gasteiger partial charge on any atom is -0.457 e. The van der Waals surface area contributed by atoms with Crippen LogP contribution in [-0.2, 0) is 27.2 Å². The van der Waals surface area contributed by atoms with Gasteiger partial charge in [0.05, 0.1) is 0 Å². The Hall–Kier alpha value is -3.39. The zero-order chi connectivity index (χ0) is 25.0. The molecule has 1 heterocycles. The van der Waals surface area contributed by atoms with E-state index in [4.69, 9.17) is 15.2 Å². The van der Waals surface area contributed by atoms with Gasteiger partial charge in [-0.3, -0.25) is 19.9 Å². The Morgan fingerprint density at radius 3 is 2.77 bits per heavy atom. The highest BCUT2D eigenvalue weighted by Crippen LogP contribution is 2.31. The molecule has 2 amide bonds. The molecule has 8 heteroatoms. The normalized spacial score (nSPS) is 14.2. The Labute approximate surface area is 207 Å². The predicted octanol–water partition coefficient (Wildman–Crippen LogP) is 3.96. The number of methoxy groups -OCH3 is 1. The number of carbonyl (C=O) groups is 2. The first-order chi connectivity index (χ1) is 17.0. The molecule has 2 aromatic carbocycles. The summed E-state index contributed by atoms with van der Waals surface area (Å²) in [5.41, 5.74) is 8.57. The van der Waals surface area contributed by atoms with Crippen molar-refractivity contribution in [1.82, 2.24) is 5.32 Å². The fourth-order valence-electron chi connectivity index (χ4n) is 4.08. The van der Waals surface area contributed by atoms with Crippen LogP contribution >= 0.6 is 0 Å². The van der Waals surface area contributed by atoms with E-state index in [0.717, 1.165) is 61.2 Å². The van der Waals surface area contributed by atoms with Gasteiger partial charge in [-0.1, -0.05) is 18.2 Å². The number of ether oxygens (including phenoxy) is 2. The van der Waals surface area contributed by atoms with E-state index in [9.17, 15) is 9.59 Å². The molecule has 1 fully saturated rings. The number of nitrogens with two attached hydrogens (primary N) is 1. The number of rotatable bonds is 11. The lowest BCUT2D eigenvalue weighted by atomic mass is 10.0. The molecule has 1 saturated heterocycles. The first-order valence-electron chi connectivity index (χ1n) is 12.2. The molecular weight excluding hydrogens is 444 g/mol. The molecule has 1 aliphatic rings. The van der Waals surface area contributed by atoms with Crippen LogP contribution in [0.5, 0.6) is 11.5 Å². The third-order valence-corrected chi connectivity index (χ3v) is 6.00. The molecule has 0 saturated carbocycles. The number of aliphatic imine (C=N–C) groups is 1. The number of aryl methyl sites for hydroxylation is 2. The second-order valence-electron chi connectivity index (χ2n) is 8.65. The van der Waals surface area contributed by atoms with E-state index in [2.05, 4.69) is 16.4 Å². The maximum absolute atomic E-state index is 12.3. The first-order valence-corrected chi connectivity index (χ1v) is 12.2. The average molecular weight is 481 g/mol. The van der Waals surface area contributed by atoms with Crippen molar-refractivity contribution in [1.29, 1.82) is 0 Å². The third-order valence-electron chi connectivity index (χ3n) is 6.00. The van der Waals surface area contributed by atoms with E-state index in [-0.39, 0.29) is 17.8 Å². The van der Waals surface area contributed by atoms with E-state index >= 15 is 0 Å². The van der Waals surface area contributed by atoms with Gasteiger partial charge in [0.15, 0.2) is 5.96 Å². The first kappa shape index (κ1) is 26.2. The van der Waals surface area contributed by atoms with Crippen molar-refractivity contribution in [3.63, 3.8) is 0 Å². The quantitative estimate of drug-likeness (QED) is 0.288. The van der Waals surface area contributed by atoms with Crippen LogP contribution in [0.4, 0.5) is 5.69 Å². The van der Waals surface area contributed by atoms with Crippen molar-refractivity contribution in [3.05, 3.63) is 53.6 Å². The van der Waals surface area contributed by atoms with Crippen molar-refractivity contribution in [2.45, 2.75) is 51.4 Å². The van der Waals surface area contributed by atoms with Gasteiger partial charge >= 0.3 is 0 Å². The topological polar surface area (TPSA) is 106 Å². The second kappa shape index (κ2) is 13.5. The molecule has 3 rings (SSSR count). The van der Waals surface area contributed by atoms with Gasteiger partial charge in [0.25, 0.3) is 0 Å². The summed E-state index contributed by atoms with van der Waals surface area (Å²) in [5, 5.41) is 2.56. The maximum Gasteiger partial charge on any atom is 0.226 e. The Morgan fingerprint density at radius 2 is 2.00 bits per heavy atom. The number of nitrogens with one attached hydrogen (secondary N) is 1. The lowest BCUT2D eigenvalue weighted by Crippen LogP contribution is -2.36. The lowest BCUT2D eigenvalue weighted by Gasteiger charge is -2.27. The summed E-state index contributed by atoms with van der Waals surface area (Å²) in [4.78, 5) is 30.0. The number of nitrogens with zero attached hydrogens (tertiary/aromatic N) is 2. The maximum atomic E-state index is 12.3. The molecule has 188 valence electrons. The zero-order valence-electron chi connectivity index (χ0n) is 20.7. The molecule has 35 heavy (non-hydrogen) atoms. The summed E-state index contributed by atoms with van der Waals surface area (Å²) in [6.07, 6.45) is 6.19. The Morgan fingerprint density at radius 1 is 1.14 bits per heavy atom. The van der Waals surface area contributed by atoms with E-state index in [1.54, 1.807) is 7.11 Å². The van der Waals surface area contributed by atoms with Crippen LogP contribution in [-0.4, -0.2) is 45.1 Å². The third kappa shape index (κ3) is 8.10. The fourth-order valence-corrected chi connectivity index (χ4v) is 4.08. The zero-order valence-corrected chi connectivity index (χ0v) is 20.7. The molecule has 8 nitrogen and oxygen atoms in total. The van der Waals surface area contributed by atoms with E-state index in [1.807, 2.05) is 41.3 Å². The van der Waals surface area contributed by atoms with Gasteiger partial charge in [0.1, 0.15) is 11.5 Å². The predicted molar refractivity (Wildman–Crippen MR) is 138 cm³/mol. The number of anilines is 1. The largest absolute Gasteiger partial charge is 0.457 e. The van der Waals surface area contributed by atoms with Gasteiger partial charge < -0.3 is 20.1 Å². The second-order valence-corrected chi connectivity index (χ2v) is 8.65. The van der Waals surface area contributed by atoms with Crippen molar-refractivity contribution in [3.8, 4) is 11.5 Å². The molecule has 3 N–H and O–H groups in total. The van der Waals surface area contributed by atoms with Crippen LogP contribution in [0.2, 0.25) is 0 Å². The van der Waals surface area contributed by atoms with Crippen LogP contribution in [0.3, 0.4) is 0 Å². The summed E-state index contributed by atoms with van der Waals surface area (Å²) in [6, 6.07) is 13.7. The van der Waals surface area contributed by atoms with Gasteiger partial charge in [-0.15, -0.1) is 0 Å². The molecule has 1 aliphatic heterocycles. The number of guanidine groups is 1. The molecule has 0 aromatic heterocycles. The minimum atomic E-state index is -0.167. The van der Waals surface area contributed by atoms with Crippen LogP contribution in [0.1, 0.15) is 49.7 Å². The number of hydrogen-bond acceptors (Lipinski definition) is 5. The highest BCUT2D eigenvalue weighted by molar-refractivity contribution is 5.96. The molecule has 0 atom stereocenters. The van der Waals surface area contributed by atoms with Crippen LogP contribution in [0, 0.1) is 0 Å². The molecule has 2 aromatic rings. The average Bonchev–Trinajstić information content (AvgIpc) is 2.87. The van der Waals surface area contributed by atoms with Gasteiger partial charge in [0.2, 0.25) is 11.8 Å². The Bertz CT molecular complexity index is 1040. The number of benzene rings is 2. The van der Waals surface area contributed by atoms with Gasteiger partial charge in [-0.05, 0) is 67.9 Å². The fraction of sp³-hybridized carbons (Fsp3) is 0.444. The van der Waals surface area contributed by atoms with E-state index in [0.29, 0.717) is 31.6 Å². The van der Waals surface area contributed by atoms with Crippen LogP contribution in [0.15, 0.2) is 47.5 Å². The smallest absolute Gasteiger partial charge is 0.226 e. The number of amides is 2. The van der Waals surface area contributed by atoms with Crippen molar-refractivity contribution in [2.24, 2.45) is 10.7 Å². The van der Waals surface area contributed by atoms with Crippen molar-refractivity contribution in [2.75, 3.05) is 32.2 Å². The number of hydrogen-bond donors (Lipinski definition) is 2. The summed E-state index contributed by atoms with van der Waals surface area (Å²) in [6.45, 7) is 1.45. The highest BCUT2D eigenvalue weighted by Gasteiger charge is 2.20. The van der Waals surface area contributed by atoms with Crippen molar-refractivity contribution >= 4 is 23.5 Å². The molecular formula is C27H36N4O4. The van der Waals surface area contributed by atoms with Crippen LogP contribution in [0.25, 0.3) is 0 Å². The lowest BCUT2D eigenvalue weighted by molar-refractivity contribution is -0.120. The Balaban J connectivity index is 1.74. The molecule has 0 bridgehead atoms. The SMILES string of the molecule is CN=C(N)NC(=O)CCc1ccc(Oc2cccc(N3CCCCC3=O)c2)c(CCCCOC)c1. The highest BCUT2D eigenvalue weighted by atomic mass is 16.5. The standard InChI is InChI=1S/C27H36N4O4/c1-29-27(28)30-25(32)15-13-20-12-14-24(21(18-20)8-4-6-17-34-2)35-23-10-7-9-22(19-23)31-16-5-3-11-26(31)33/h7,9-10,12,14,18-19H,3-6,8,11,13,15-17H2,1-2H3,(H3,28,29,30,32). The van der Waals surface area contributed by atoms with E-state index < -0.39 is 0 Å². The molecule has 0 aliphatic carbocycles. The minimum absolute atomic E-state index is 0.117. The summed E-state index contributed by atoms with van der Waals surface area (Å²) in [7, 11) is 3.24. The van der Waals surface area contributed by atoms with Gasteiger partial charge in [-0.2, -0.15) is 0 Å². The van der Waals surface area contributed by atoms with Gasteiger partial charge in [-0.25, -0.2) is 0 Å². The number of unbranched alkanes of at least 4 members (excludes halogenated alkanes) is 1. The molecule has 0 radical (unpaired) electrons. The molecule has 0 unspecified atom stereocenters. The van der Waals surface area contributed by atoms with Crippen LogP contribution < -0.4 is 20.7 Å². The number of piperidine rings is 1. The monoisotopic (exact) mass is 480 g/mol. The Kier molecular flexibility index (Phi) is 10.1. The van der Waals surface area contributed by atoms with Crippen molar-refractivity contribution < 1.29 is 19.1 Å². The molecule has 0 spiro atoms. The summed E-state index contributed by atoms with van der Waals surface area (Å²) in [5.74, 6) is 1.58. The summed E-state index contributed by atoms with van der Waals surface area (Å²) >= 11 is 0. The van der Waals surface area contributed by atoms with E-state index in [1.165, 1.54) is 7.05 Å². The number of carbonyl (C=O) groups excluding carboxylic acids is 2. The summed E-state index contributed by atoms with van der Waals surface area (Å²) < 4.78 is 11.5. The van der Waals surface area contributed by atoms with Gasteiger partial charge in [0, 0.05) is 51.9 Å².